The second-order valence-electron chi connectivity index (χ2n) is 3.33. The average Bonchev–Trinajstić information content (AvgIpc) is 2.43. The summed E-state index contributed by atoms with van der Waals surface area (Å²) < 4.78 is 3.38. The normalized spacial score (nSPS) is 11.0. The third kappa shape index (κ3) is 1.51. The van der Waals surface area contributed by atoms with Gasteiger partial charge in [0.1, 0.15) is 0 Å². The van der Waals surface area contributed by atoms with Crippen molar-refractivity contribution in [1.82, 2.24) is 4.40 Å². The lowest BCUT2D eigenvalue weighted by atomic mass is 10.2. The van der Waals surface area contributed by atoms with Crippen molar-refractivity contribution in [3.63, 3.8) is 0 Å². The van der Waals surface area contributed by atoms with Crippen LogP contribution in [-0.2, 0) is 6.42 Å². The highest BCUT2D eigenvalue weighted by Gasteiger charge is 2.01. The molecule has 2 aromatic heterocycles. The van der Waals surface area contributed by atoms with Crippen LogP contribution < -0.4 is 0 Å². The Hall–Kier alpha value is -0.760. The first kappa shape index (κ1) is 8.82. The number of aryl methyl sites for hydroxylation is 2. The molecule has 13 heavy (non-hydrogen) atoms. The second-order valence-corrected chi connectivity index (χ2v) is 4.25. The summed E-state index contributed by atoms with van der Waals surface area (Å²) in [6.07, 6.45) is 3.19. The number of fused-ring (bicyclic) bond motifs is 1. The highest BCUT2D eigenvalue weighted by molar-refractivity contribution is 9.10. The van der Waals surface area contributed by atoms with Crippen LogP contribution in [-0.4, -0.2) is 4.40 Å². The summed E-state index contributed by atoms with van der Waals surface area (Å²) in [6, 6.07) is 6.58. The minimum absolute atomic E-state index is 1.07. The van der Waals surface area contributed by atoms with Crippen LogP contribution in [0.25, 0.3) is 5.52 Å². The van der Waals surface area contributed by atoms with Crippen LogP contribution in [0.15, 0.2) is 28.9 Å². The van der Waals surface area contributed by atoms with Gasteiger partial charge in [-0.15, -0.1) is 0 Å². The van der Waals surface area contributed by atoms with Gasteiger partial charge in [0.05, 0.1) is 0 Å². The lowest BCUT2D eigenvalue weighted by Gasteiger charge is -2.04. The highest BCUT2D eigenvalue weighted by Crippen LogP contribution is 2.19. The fraction of sp³-hybridized carbons (Fsp3) is 0.273. The molecule has 2 aromatic rings. The van der Waals surface area contributed by atoms with Crippen molar-refractivity contribution in [3.05, 3.63) is 40.1 Å². The van der Waals surface area contributed by atoms with Crippen LogP contribution in [0.1, 0.15) is 18.2 Å². The van der Waals surface area contributed by atoms with Crippen LogP contribution in [0.4, 0.5) is 0 Å². The molecule has 0 unspecified atom stereocenters. The smallest absolute Gasteiger partial charge is 0.0467 e. The van der Waals surface area contributed by atoms with Gasteiger partial charge in [-0.1, -0.05) is 6.92 Å². The summed E-state index contributed by atoms with van der Waals surface area (Å²) >= 11 is 3.49. The van der Waals surface area contributed by atoms with Crippen LogP contribution in [0, 0.1) is 6.92 Å². The summed E-state index contributed by atoms with van der Waals surface area (Å²) in [7, 11) is 0. The molecule has 68 valence electrons. The van der Waals surface area contributed by atoms with E-state index in [-0.39, 0.29) is 0 Å². The zero-order chi connectivity index (χ0) is 9.42. The molecule has 0 radical (unpaired) electrons. The van der Waals surface area contributed by atoms with Gasteiger partial charge >= 0.3 is 0 Å². The van der Waals surface area contributed by atoms with E-state index in [2.05, 4.69) is 58.6 Å². The predicted octanol–water partition coefficient (Wildman–Crippen LogP) is 3.57. The number of pyridine rings is 1. The lowest BCUT2D eigenvalue weighted by molar-refractivity contribution is 0.976. The maximum absolute atomic E-state index is 3.49. The summed E-state index contributed by atoms with van der Waals surface area (Å²) in [5.74, 6) is 0. The zero-order valence-electron chi connectivity index (χ0n) is 7.84. The molecule has 0 aliphatic carbocycles. The third-order valence-corrected chi connectivity index (χ3v) is 2.69. The second kappa shape index (κ2) is 3.18. The largest absolute Gasteiger partial charge is 0.320 e. The molecule has 0 aromatic carbocycles. The summed E-state index contributed by atoms with van der Waals surface area (Å²) in [5.41, 5.74) is 3.96. The number of hydrogen-bond donors (Lipinski definition) is 0. The van der Waals surface area contributed by atoms with Crippen molar-refractivity contribution in [3.8, 4) is 0 Å². The minimum atomic E-state index is 1.07. The Labute approximate surface area is 86.5 Å². The fourth-order valence-corrected chi connectivity index (χ4v) is 2.12. The number of aromatic nitrogens is 1. The van der Waals surface area contributed by atoms with Crippen molar-refractivity contribution in [2.45, 2.75) is 20.3 Å². The molecule has 2 heterocycles. The fourth-order valence-electron chi connectivity index (χ4n) is 1.69. The van der Waals surface area contributed by atoms with E-state index in [9.17, 15) is 0 Å². The molecule has 0 N–H and O–H groups in total. The minimum Gasteiger partial charge on any atom is -0.320 e. The van der Waals surface area contributed by atoms with Gasteiger partial charge in [0, 0.05) is 21.9 Å². The summed E-state index contributed by atoms with van der Waals surface area (Å²) in [4.78, 5) is 0. The Balaban J connectivity index is 2.80. The van der Waals surface area contributed by atoms with E-state index in [1.165, 1.54) is 16.8 Å². The van der Waals surface area contributed by atoms with Gasteiger partial charge < -0.3 is 4.40 Å². The molecule has 2 heteroatoms. The topological polar surface area (TPSA) is 4.41 Å². The Kier molecular flexibility index (Phi) is 2.16. The van der Waals surface area contributed by atoms with Crippen LogP contribution in [0.3, 0.4) is 0 Å². The van der Waals surface area contributed by atoms with Gasteiger partial charge in [0.25, 0.3) is 0 Å². The molecule has 0 fully saturated rings. The standard InChI is InChI=1S/C11H12BrN/c1-3-10-4-8(2)5-11-6-9(12)7-13(10)11/h4-7H,3H2,1-2H3. The molecule has 1 nitrogen and oxygen atoms in total. The van der Waals surface area contributed by atoms with Crippen molar-refractivity contribution in [1.29, 1.82) is 0 Å². The average molecular weight is 238 g/mol. The van der Waals surface area contributed by atoms with Gasteiger partial charge in [0.15, 0.2) is 0 Å². The van der Waals surface area contributed by atoms with Crippen LogP contribution >= 0.6 is 15.9 Å². The molecule has 0 spiro atoms. The molecule has 0 aliphatic heterocycles. The quantitative estimate of drug-likeness (QED) is 0.715. The first-order valence-electron chi connectivity index (χ1n) is 4.48. The molecule has 2 rings (SSSR count). The molecule has 0 saturated carbocycles. The molecule has 0 saturated heterocycles. The van der Waals surface area contributed by atoms with Gasteiger partial charge in [-0.05, 0) is 53.0 Å². The van der Waals surface area contributed by atoms with E-state index in [1.807, 2.05) is 0 Å². The molecule has 0 atom stereocenters. The maximum Gasteiger partial charge on any atom is 0.0467 e. The first-order chi connectivity index (χ1) is 6.20. The molecule has 0 amide bonds. The van der Waals surface area contributed by atoms with E-state index < -0.39 is 0 Å². The van der Waals surface area contributed by atoms with E-state index in [1.54, 1.807) is 0 Å². The SMILES string of the molecule is CCc1cc(C)cc2cc(Br)cn12. The van der Waals surface area contributed by atoms with Gasteiger partial charge in [0.2, 0.25) is 0 Å². The Morgan fingerprint density at radius 2 is 2.08 bits per heavy atom. The van der Waals surface area contributed by atoms with Gasteiger partial charge in [-0.2, -0.15) is 0 Å². The van der Waals surface area contributed by atoms with Gasteiger partial charge in [-0.3, -0.25) is 0 Å². The molecule has 0 bridgehead atoms. The molecule has 0 aliphatic rings. The van der Waals surface area contributed by atoms with E-state index in [0.717, 1.165) is 10.9 Å². The van der Waals surface area contributed by atoms with E-state index >= 15 is 0 Å². The number of hydrogen-bond acceptors (Lipinski definition) is 0. The van der Waals surface area contributed by atoms with Crippen LogP contribution in [0.5, 0.6) is 0 Å². The monoisotopic (exact) mass is 237 g/mol. The van der Waals surface area contributed by atoms with Crippen molar-refractivity contribution < 1.29 is 0 Å². The third-order valence-electron chi connectivity index (χ3n) is 2.26. The molecular weight excluding hydrogens is 226 g/mol. The Morgan fingerprint density at radius 3 is 2.77 bits per heavy atom. The maximum atomic E-state index is 3.49. The van der Waals surface area contributed by atoms with Gasteiger partial charge in [-0.25, -0.2) is 0 Å². The van der Waals surface area contributed by atoms with E-state index in [0.29, 0.717) is 0 Å². The predicted molar refractivity (Wildman–Crippen MR) is 59.2 cm³/mol. The molecular formula is C11H12BrN. The summed E-state index contributed by atoms with van der Waals surface area (Å²) in [5, 5.41) is 0. The van der Waals surface area contributed by atoms with E-state index in [4.69, 9.17) is 0 Å². The first-order valence-corrected chi connectivity index (χ1v) is 5.27. The Bertz CT molecular complexity index is 443. The van der Waals surface area contributed by atoms with Crippen molar-refractivity contribution in [2.75, 3.05) is 0 Å². The number of rotatable bonds is 1. The van der Waals surface area contributed by atoms with Crippen molar-refractivity contribution in [2.24, 2.45) is 0 Å². The van der Waals surface area contributed by atoms with Crippen molar-refractivity contribution >= 4 is 21.4 Å². The Morgan fingerprint density at radius 1 is 1.31 bits per heavy atom. The lowest BCUT2D eigenvalue weighted by Crippen LogP contribution is -1.93. The summed E-state index contributed by atoms with van der Waals surface area (Å²) in [6.45, 7) is 4.32. The number of nitrogens with zero attached hydrogens (tertiary/aromatic N) is 1. The highest BCUT2D eigenvalue weighted by atomic mass is 79.9. The number of halogens is 1. The van der Waals surface area contributed by atoms with Crippen LogP contribution in [0.2, 0.25) is 0 Å². The zero-order valence-corrected chi connectivity index (χ0v) is 9.43.